The fourth-order valence-electron chi connectivity index (χ4n) is 2.65. The van der Waals surface area contributed by atoms with Crippen molar-refractivity contribution >= 4 is 57.5 Å². The molecule has 6 heteroatoms. The Morgan fingerprint density at radius 2 is 1.15 bits per heavy atom. The van der Waals surface area contributed by atoms with Crippen molar-refractivity contribution in [3.63, 3.8) is 0 Å². The fourth-order valence-corrected chi connectivity index (χ4v) is 6.45. The fraction of sp³-hybridized carbons (Fsp3) is 0.100. The van der Waals surface area contributed by atoms with E-state index in [9.17, 15) is 10.2 Å². The van der Waals surface area contributed by atoms with Gasteiger partial charge in [0.15, 0.2) is 0 Å². The Morgan fingerprint density at radius 3 is 1.50 bits per heavy atom. The lowest BCUT2D eigenvalue weighted by molar-refractivity contribution is 0.282. The van der Waals surface area contributed by atoms with E-state index < -0.39 is 0 Å². The molecular formula is C20H16O2S4. The molecule has 2 N–H and O–H groups in total. The second kappa shape index (κ2) is 8.00. The summed E-state index contributed by atoms with van der Waals surface area (Å²) in [6.07, 6.45) is 4.10. The summed E-state index contributed by atoms with van der Waals surface area (Å²) in [5, 5.41) is 23.5. The summed E-state index contributed by atoms with van der Waals surface area (Å²) in [6.45, 7) is 0.0541. The Kier molecular flexibility index (Phi) is 5.49. The van der Waals surface area contributed by atoms with E-state index in [1.54, 1.807) is 45.3 Å². The average molecular weight is 417 g/mol. The summed E-state index contributed by atoms with van der Waals surface area (Å²) in [4.78, 5) is 6.91. The van der Waals surface area contributed by atoms with E-state index in [1.807, 2.05) is 12.1 Å². The van der Waals surface area contributed by atoms with E-state index in [0.29, 0.717) is 0 Å². The summed E-state index contributed by atoms with van der Waals surface area (Å²) < 4.78 is 0. The van der Waals surface area contributed by atoms with E-state index in [2.05, 4.69) is 47.2 Å². The minimum atomic E-state index is 0.0271. The van der Waals surface area contributed by atoms with E-state index >= 15 is 0 Å². The molecule has 4 aromatic heterocycles. The van der Waals surface area contributed by atoms with Crippen molar-refractivity contribution in [1.29, 1.82) is 0 Å². The predicted octanol–water partition coefficient (Wildman–Crippen LogP) is 6.42. The van der Waals surface area contributed by atoms with Gasteiger partial charge in [-0.25, -0.2) is 0 Å². The molecule has 0 fully saturated rings. The van der Waals surface area contributed by atoms with Gasteiger partial charge < -0.3 is 10.2 Å². The molecule has 0 amide bonds. The summed E-state index contributed by atoms with van der Waals surface area (Å²) in [5.74, 6) is 0. The molecule has 0 aliphatic heterocycles. The maximum Gasteiger partial charge on any atom is 0.0696 e. The highest BCUT2D eigenvalue weighted by Crippen LogP contribution is 2.38. The summed E-state index contributed by atoms with van der Waals surface area (Å²) in [7, 11) is 0. The van der Waals surface area contributed by atoms with Crippen molar-refractivity contribution in [2.24, 2.45) is 0 Å². The van der Waals surface area contributed by atoms with Crippen LogP contribution >= 0.6 is 45.3 Å². The molecule has 4 aromatic rings. The van der Waals surface area contributed by atoms with Crippen LogP contribution in [0.3, 0.4) is 0 Å². The molecule has 0 aliphatic rings. The molecule has 0 radical (unpaired) electrons. The molecule has 0 aliphatic carbocycles. The third-order valence-corrected chi connectivity index (χ3v) is 8.35. The molecule has 0 spiro atoms. The Hall–Kier alpha value is -1.54. The molecule has 4 rings (SSSR count). The lowest BCUT2D eigenvalue weighted by Crippen LogP contribution is -1.82. The zero-order chi connectivity index (χ0) is 17.9. The van der Waals surface area contributed by atoms with Crippen LogP contribution in [0.1, 0.15) is 20.9 Å². The lowest BCUT2D eigenvalue weighted by atomic mass is 10.2. The van der Waals surface area contributed by atoms with Gasteiger partial charge in [-0.05, 0) is 58.3 Å². The zero-order valence-corrected chi connectivity index (χ0v) is 17.0. The summed E-state index contributed by atoms with van der Waals surface area (Å²) in [5.41, 5.74) is 1.88. The third kappa shape index (κ3) is 3.62. The number of hydrogen-bond donors (Lipinski definition) is 2. The molecule has 4 heterocycles. The normalized spacial score (nSPS) is 11.6. The van der Waals surface area contributed by atoms with Gasteiger partial charge in [0.25, 0.3) is 0 Å². The van der Waals surface area contributed by atoms with E-state index in [0.717, 1.165) is 20.9 Å². The molecular weight excluding hydrogens is 400 g/mol. The lowest BCUT2D eigenvalue weighted by Gasteiger charge is -1.95. The van der Waals surface area contributed by atoms with E-state index in [4.69, 9.17) is 0 Å². The van der Waals surface area contributed by atoms with Gasteiger partial charge in [-0.1, -0.05) is 12.1 Å². The maximum absolute atomic E-state index is 9.70. The second-order valence-electron chi connectivity index (χ2n) is 5.60. The van der Waals surface area contributed by atoms with Crippen LogP contribution in [-0.4, -0.2) is 10.2 Å². The van der Waals surface area contributed by atoms with Crippen LogP contribution in [-0.2, 0) is 13.2 Å². The standard InChI is InChI=1S/C20H16O2S4/c21-11-13-9-19(17-3-1-7-23-17)25-15(13)5-6-16-14(12-22)10-20(26-16)18-4-2-8-24-18/h1-10,21-22H,11-12H2/b6-5+. The van der Waals surface area contributed by atoms with E-state index in [-0.39, 0.29) is 13.2 Å². The molecule has 0 saturated carbocycles. The third-order valence-electron chi connectivity index (χ3n) is 3.94. The number of aliphatic hydroxyl groups is 2. The molecule has 0 aromatic carbocycles. The van der Waals surface area contributed by atoms with Gasteiger partial charge in [0.2, 0.25) is 0 Å². The van der Waals surface area contributed by atoms with Gasteiger partial charge in [-0.15, -0.1) is 45.3 Å². The van der Waals surface area contributed by atoms with Crippen LogP contribution in [0.15, 0.2) is 47.2 Å². The quantitative estimate of drug-likeness (QED) is 0.381. The van der Waals surface area contributed by atoms with Crippen molar-refractivity contribution in [3.05, 3.63) is 68.0 Å². The minimum Gasteiger partial charge on any atom is -0.392 e. The van der Waals surface area contributed by atoms with Crippen LogP contribution in [0.5, 0.6) is 0 Å². The number of rotatable bonds is 6. The first kappa shape index (κ1) is 17.9. The average Bonchev–Trinajstić information content (AvgIpc) is 3.46. The number of thiophene rings is 4. The van der Waals surface area contributed by atoms with Crippen LogP contribution < -0.4 is 0 Å². The molecule has 2 nitrogen and oxygen atoms in total. The SMILES string of the molecule is OCc1cc(-c2cccs2)sc1/C=C/c1sc(-c2cccs2)cc1CO. The van der Waals surface area contributed by atoms with Gasteiger partial charge in [0, 0.05) is 29.3 Å². The number of hydrogen-bond acceptors (Lipinski definition) is 6. The molecule has 132 valence electrons. The molecule has 26 heavy (non-hydrogen) atoms. The van der Waals surface area contributed by atoms with Crippen molar-refractivity contribution in [1.82, 2.24) is 0 Å². The topological polar surface area (TPSA) is 40.5 Å². The zero-order valence-electron chi connectivity index (χ0n) is 13.7. The van der Waals surface area contributed by atoms with Crippen molar-refractivity contribution in [2.45, 2.75) is 13.2 Å². The molecule has 0 saturated heterocycles. The molecule has 0 bridgehead atoms. The Morgan fingerprint density at radius 1 is 0.692 bits per heavy atom. The van der Waals surface area contributed by atoms with Gasteiger partial charge in [-0.3, -0.25) is 0 Å². The minimum absolute atomic E-state index is 0.0271. The van der Waals surface area contributed by atoms with Crippen LogP contribution in [0.25, 0.3) is 31.7 Å². The summed E-state index contributed by atoms with van der Waals surface area (Å²) in [6, 6.07) is 12.4. The molecule has 0 unspecified atom stereocenters. The number of aliphatic hydroxyl groups excluding tert-OH is 2. The van der Waals surface area contributed by atoms with Gasteiger partial charge in [-0.2, -0.15) is 0 Å². The predicted molar refractivity (Wildman–Crippen MR) is 116 cm³/mol. The Labute approximate surface area is 168 Å². The highest BCUT2D eigenvalue weighted by Gasteiger charge is 2.11. The smallest absolute Gasteiger partial charge is 0.0696 e. The van der Waals surface area contributed by atoms with Gasteiger partial charge >= 0.3 is 0 Å². The highest BCUT2D eigenvalue weighted by molar-refractivity contribution is 7.22. The largest absolute Gasteiger partial charge is 0.392 e. The first-order valence-electron chi connectivity index (χ1n) is 8.01. The van der Waals surface area contributed by atoms with Crippen molar-refractivity contribution in [3.8, 4) is 19.5 Å². The maximum atomic E-state index is 9.70. The van der Waals surface area contributed by atoms with Crippen molar-refractivity contribution < 1.29 is 10.2 Å². The van der Waals surface area contributed by atoms with Crippen molar-refractivity contribution in [2.75, 3.05) is 0 Å². The first-order valence-corrected chi connectivity index (χ1v) is 11.4. The molecule has 0 atom stereocenters. The second-order valence-corrected chi connectivity index (χ2v) is 9.67. The van der Waals surface area contributed by atoms with Crippen LogP contribution in [0.4, 0.5) is 0 Å². The van der Waals surface area contributed by atoms with Gasteiger partial charge in [0.1, 0.15) is 0 Å². The van der Waals surface area contributed by atoms with E-state index in [1.165, 1.54) is 19.5 Å². The Bertz CT molecular complexity index is 922. The van der Waals surface area contributed by atoms with Crippen LogP contribution in [0.2, 0.25) is 0 Å². The summed E-state index contributed by atoms with van der Waals surface area (Å²) >= 11 is 6.79. The van der Waals surface area contributed by atoms with Crippen LogP contribution in [0, 0.1) is 0 Å². The Balaban J connectivity index is 1.66. The monoisotopic (exact) mass is 416 g/mol. The van der Waals surface area contributed by atoms with Gasteiger partial charge in [0.05, 0.1) is 13.2 Å². The first-order chi connectivity index (χ1) is 12.8. The highest BCUT2D eigenvalue weighted by atomic mass is 32.1.